The molecule has 0 spiro atoms. The average Bonchev–Trinajstić information content (AvgIpc) is 2.63. The van der Waals surface area contributed by atoms with Crippen LogP contribution in [0.1, 0.15) is 33.6 Å². The maximum absolute atomic E-state index is 8.79. The van der Waals surface area contributed by atoms with E-state index in [2.05, 4.69) is 12.6 Å². The average molecular weight is 419 g/mol. The first-order valence-corrected chi connectivity index (χ1v) is 13.3. The third kappa shape index (κ3) is 12.5. The molecule has 0 fully saturated rings. The fourth-order valence-corrected chi connectivity index (χ4v) is 6.92. The van der Waals surface area contributed by atoms with E-state index < -0.39 is 17.6 Å². The summed E-state index contributed by atoms with van der Waals surface area (Å²) in [6.45, 7) is 7.73. The standard InChI is InChI=1S/C9H22O4Si.C6H16O3SSi/c1-4-11-14(12-5-2,13-6-3)9-7-8-10;1-7-11(8-2,9-3)6-4-5-10/h10H,4-9H2,1-3H3;10H,4-6H2,1-3H3. The van der Waals surface area contributed by atoms with Crippen molar-refractivity contribution in [3.63, 3.8) is 0 Å². The van der Waals surface area contributed by atoms with E-state index in [-0.39, 0.29) is 6.61 Å². The van der Waals surface area contributed by atoms with E-state index >= 15 is 0 Å². The predicted octanol–water partition coefficient (Wildman–Crippen LogP) is 2.60. The molecule has 7 nitrogen and oxygen atoms in total. The zero-order valence-corrected chi connectivity index (χ0v) is 19.6. The first-order chi connectivity index (χ1) is 12.0. The van der Waals surface area contributed by atoms with E-state index in [1.165, 1.54) is 0 Å². The fourth-order valence-electron chi connectivity index (χ4n) is 2.15. The molecule has 0 saturated heterocycles. The highest BCUT2D eigenvalue weighted by Gasteiger charge is 2.39. The number of hydrogen-bond donors (Lipinski definition) is 2. The summed E-state index contributed by atoms with van der Waals surface area (Å²) in [5.74, 6) is 0.838. The van der Waals surface area contributed by atoms with Gasteiger partial charge in [-0.15, -0.1) is 0 Å². The van der Waals surface area contributed by atoms with Gasteiger partial charge in [0.15, 0.2) is 0 Å². The minimum Gasteiger partial charge on any atom is -0.396 e. The molecule has 0 amide bonds. The van der Waals surface area contributed by atoms with Crippen molar-refractivity contribution in [2.45, 2.75) is 45.7 Å². The summed E-state index contributed by atoms with van der Waals surface area (Å²) in [4.78, 5) is 0. The van der Waals surface area contributed by atoms with E-state index in [0.717, 1.165) is 18.2 Å². The van der Waals surface area contributed by atoms with Crippen LogP contribution in [0.5, 0.6) is 0 Å². The van der Waals surface area contributed by atoms with Gasteiger partial charge in [0.25, 0.3) is 0 Å². The van der Waals surface area contributed by atoms with E-state index in [0.29, 0.717) is 32.3 Å². The summed E-state index contributed by atoms with van der Waals surface area (Å²) in [6.07, 6.45) is 1.64. The Balaban J connectivity index is 0. The molecule has 154 valence electrons. The van der Waals surface area contributed by atoms with E-state index in [9.17, 15) is 0 Å². The fraction of sp³-hybridized carbons (Fsp3) is 1.00. The van der Waals surface area contributed by atoms with Crippen LogP contribution in [0.4, 0.5) is 0 Å². The van der Waals surface area contributed by atoms with Crippen LogP contribution in [0.15, 0.2) is 0 Å². The number of rotatable bonds is 15. The largest absolute Gasteiger partial charge is 0.501 e. The summed E-state index contributed by atoms with van der Waals surface area (Å²) in [5.41, 5.74) is 0. The van der Waals surface area contributed by atoms with Gasteiger partial charge >= 0.3 is 17.6 Å². The summed E-state index contributed by atoms with van der Waals surface area (Å²) in [7, 11) is 0.105. The molecule has 0 heterocycles. The SMILES string of the molecule is CCO[Si](CCCO)(OCC)OCC.CO[Si](CCCS)(OC)OC. The minimum absolute atomic E-state index is 0.155. The van der Waals surface area contributed by atoms with Crippen molar-refractivity contribution in [2.75, 3.05) is 53.5 Å². The number of aliphatic hydroxyl groups is 1. The van der Waals surface area contributed by atoms with Crippen LogP contribution in [0.25, 0.3) is 0 Å². The molecule has 0 bridgehead atoms. The van der Waals surface area contributed by atoms with Gasteiger partial charge in [0.2, 0.25) is 0 Å². The second-order valence-corrected chi connectivity index (χ2v) is 11.2. The van der Waals surface area contributed by atoms with Crippen LogP contribution in [-0.4, -0.2) is 76.2 Å². The van der Waals surface area contributed by atoms with Crippen molar-refractivity contribution in [1.82, 2.24) is 0 Å². The molecule has 0 aliphatic heterocycles. The monoisotopic (exact) mass is 418 g/mol. The maximum atomic E-state index is 8.79. The minimum atomic E-state index is -2.48. The van der Waals surface area contributed by atoms with Crippen LogP contribution in [0.2, 0.25) is 12.1 Å². The van der Waals surface area contributed by atoms with Crippen molar-refractivity contribution in [3.05, 3.63) is 0 Å². The second kappa shape index (κ2) is 17.9. The van der Waals surface area contributed by atoms with E-state index in [4.69, 9.17) is 31.7 Å². The van der Waals surface area contributed by atoms with Crippen molar-refractivity contribution in [1.29, 1.82) is 0 Å². The lowest BCUT2D eigenvalue weighted by Gasteiger charge is -2.28. The topological polar surface area (TPSA) is 75.6 Å². The Hall–Kier alpha value is 0.504. The van der Waals surface area contributed by atoms with Crippen LogP contribution in [-0.2, 0) is 26.6 Å². The molecule has 0 aromatic heterocycles. The van der Waals surface area contributed by atoms with Gasteiger partial charge in [0.05, 0.1) is 0 Å². The first-order valence-electron chi connectivity index (χ1n) is 8.78. The molecule has 0 saturated carbocycles. The Morgan fingerprint density at radius 2 is 1.12 bits per heavy atom. The molecule has 0 radical (unpaired) electrons. The van der Waals surface area contributed by atoms with Crippen molar-refractivity contribution in [2.24, 2.45) is 0 Å². The van der Waals surface area contributed by atoms with Gasteiger partial charge < -0.3 is 31.7 Å². The molecular formula is C15H38O7SSi2. The molecular weight excluding hydrogens is 380 g/mol. The lowest BCUT2D eigenvalue weighted by molar-refractivity contribution is 0.0693. The summed E-state index contributed by atoms with van der Waals surface area (Å²) < 4.78 is 32.4. The smallest absolute Gasteiger partial charge is 0.396 e. The van der Waals surface area contributed by atoms with E-state index in [1.54, 1.807) is 21.3 Å². The van der Waals surface area contributed by atoms with Crippen LogP contribution in [0, 0.1) is 0 Å². The first kappa shape index (κ1) is 27.7. The molecule has 25 heavy (non-hydrogen) atoms. The van der Waals surface area contributed by atoms with Gasteiger partial charge in [-0.2, -0.15) is 12.6 Å². The Labute approximate surface area is 161 Å². The van der Waals surface area contributed by atoms with Gasteiger partial charge in [-0.1, -0.05) is 0 Å². The predicted molar refractivity (Wildman–Crippen MR) is 107 cm³/mol. The van der Waals surface area contributed by atoms with Crippen molar-refractivity contribution < 1.29 is 31.7 Å². The van der Waals surface area contributed by atoms with Gasteiger partial charge in [0, 0.05) is 59.8 Å². The zero-order valence-electron chi connectivity index (χ0n) is 16.7. The Morgan fingerprint density at radius 1 is 0.720 bits per heavy atom. The highest BCUT2D eigenvalue weighted by Crippen LogP contribution is 2.17. The van der Waals surface area contributed by atoms with Gasteiger partial charge in [-0.25, -0.2) is 0 Å². The molecule has 0 rings (SSSR count). The van der Waals surface area contributed by atoms with Gasteiger partial charge in [-0.3, -0.25) is 0 Å². The molecule has 1 N–H and O–H groups in total. The molecule has 0 unspecified atom stereocenters. The van der Waals surface area contributed by atoms with Gasteiger partial charge in [0.1, 0.15) is 0 Å². The molecule has 0 aromatic rings. The van der Waals surface area contributed by atoms with Crippen LogP contribution >= 0.6 is 12.6 Å². The number of aliphatic hydroxyl groups excluding tert-OH is 1. The maximum Gasteiger partial charge on any atom is 0.501 e. The number of thiol groups is 1. The number of hydrogen-bond acceptors (Lipinski definition) is 8. The molecule has 0 aliphatic rings. The third-order valence-electron chi connectivity index (χ3n) is 3.31. The third-order valence-corrected chi connectivity index (χ3v) is 9.61. The molecule has 10 heteroatoms. The Kier molecular flexibility index (Phi) is 19.8. The Morgan fingerprint density at radius 3 is 1.40 bits per heavy atom. The van der Waals surface area contributed by atoms with Crippen LogP contribution in [0.3, 0.4) is 0 Å². The normalized spacial score (nSPS) is 12.0. The Bertz CT molecular complexity index is 259. The quantitative estimate of drug-likeness (QED) is 0.313. The van der Waals surface area contributed by atoms with Crippen LogP contribution < -0.4 is 0 Å². The van der Waals surface area contributed by atoms with Crippen molar-refractivity contribution in [3.8, 4) is 0 Å². The van der Waals surface area contributed by atoms with E-state index in [1.807, 2.05) is 20.8 Å². The zero-order chi connectivity index (χ0) is 19.6. The molecule has 0 aliphatic carbocycles. The highest BCUT2D eigenvalue weighted by molar-refractivity contribution is 7.80. The molecule has 0 aromatic carbocycles. The van der Waals surface area contributed by atoms with Gasteiger partial charge in [-0.05, 0) is 39.4 Å². The lowest BCUT2D eigenvalue weighted by atomic mass is 10.5. The molecule has 0 atom stereocenters. The van der Waals surface area contributed by atoms with Crippen molar-refractivity contribution >= 4 is 30.2 Å². The second-order valence-electron chi connectivity index (χ2n) is 4.93. The highest BCUT2D eigenvalue weighted by atomic mass is 32.1. The lowest BCUT2D eigenvalue weighted by Crippen LogP contribution is -2.46. The summed E-state index contributed by atoms with van der Waals surface area (Å²) in [5, 5.41) is 8.79. The summed E-state index contributed by atoms with van der Waals surface area (Å²) in [6, 6.07) is 1.53. The summed E-state index contributed by atoms with van der Waals surface area (Å²) >= 11 is 4.10.